The predicted octanol–water partition coefficient (Wildman–Crippen LogP) is 15.7. The number of carbonyl (C=O) groups is 2. The highest BCUT2D eigenvalue weighted by Crippen LogP contribution is 2.18. The van der Waals surface area contributed by atoms with Crippen molar-refractivity contribution in [1.29, 1.82) is 0 Å². The van der Waals surface area contributed by atoms with Crippen LogP contribution in [0.25, 0.3) is 0 Å². The molecule has 4 heteroatoms. The number of esters is 1. The van der Waals surface area contributed by atoms with Crippen LogP contribution in [-0.2, 0) is 14.3 Å². The van der Waals surface area contributed by atoms with Gasteiger partial charge in [0.05, 0.1) is 0 Å². The molecule has 0 amide bonds. The van der Waals surface area contributed by atoms with Crippen LogP contribution in [0, 0.1) is 0 Å². The van der Waals surface area contributed by atoms with Gasteiger partial charge in [0.15, 0.2) is 0 Å². The number of allylic oxidation sites excluding steroid dienone is 10. The summed E-state index contributed by atoms with van der Waals surface area (Å²) < 4.78 is 5.85. The highest BCUT2D eigenvalue weighted by Gasteiger charge is 2.15. The summed E-state index contributed by atoms with van der Waals surface area (Å²) in [4.78, 5) is 23.6. The second-order valence-corrected chi connectivity index (χ2v) is 14.9. The molecule has 0 aromatic heterocycles. The van der Waals surface area contributed by atoms with Gasteiger partial charge in [0.25, 0.3) is 0 Å². The standard InChI is InChI=1S/C48H84O4/c1-3-5-7-9-11-13-15-17-19-21-22-23-24-26-28-30-32-34-36-38-40-45-48(51)52-46(43-41-44-47(49)50)42-39-37-35-33-31-29-27-25-20-18-16-14-12-10-8-6-4-2/h5,7,11,13,17,19,22-23,26,28,46H,3-4,6,8-10,12,14-16,18,20-21,24-25,27,29-45H2,1-2H3,(H,49,50)/b7-5-,13-11-,19-17-,23-22-,28-26-. The van der Waals surface area contributed by atoms with Gasteiger partial charge < -0.3 is 9.84 Å². The Hall–Kier alpha value is -2.36. The molecule has 0 spiro atoms. The van der Waals surface area contributed by atoms with Crippen LogP contribution in [0.1, 0.15) is 226 Å². The fourth-order valence-corrected chi connectivity index (χ4v) is 6.52. The molecule has 0 aliphatic heterocycles. The van der Waals surface area contributed by atoms with Crippen molar-refractivity contribution in [3.63, 3.8) is 0 Å². The number of carboxylic acids is 1. The molecule has 0 heterocycles. The molecule has 0 aromatic rings. The summed E-state index contributed by atoms with van der Waals surface area (Å²) in [7, 11) is 0. The van der Waals surface area contributed by atoms with Crippen LogP contribution in [0.3, 0.4) is 0 Å². The third-order valence-corrected chi connectivity index (χ3v) is 9.75. The van der Waals surface area contributed by atoms with Crippen LogP contribution >= 0.6 is 0 Å². The number of carboxylic acid groups (broad SMARTS) is 1. The summed E-state index contributed by atoms with van der Waals surface area (Å²) in [6.07, 6.45) is 59.6. The normalized spacial score (nSPS) is 12.8. The third kappa shape index (κ3) is 42.1. The molecular formula is C48H84O4. The van der Waals surface area contributed by atoms with Crippen molar-refractivity contribution in [2.24, 2.45) is 0 Å². The summed E-state index contributed by atoms with van der Waals surface area (Å²) >= 11 is 0. The first-order valence-corrected chi connectivity index (χ1v) is 22.3. The number of hydrogen-bond donors (Lipinski definition) is 1. The van der Waals surface area contributed by atoms with E-state index >= 15 is 0 Å². The van der Waals surface area contributed by atoms with E-state index in [4.69, 9.17) is 9.84 Å². The summed E-state index contributed by atoms with van der Waals surface area (Å²) in [6, 6.07) is 0. The minimum Gasteiger partial charge on any atom is -0.481 e. The van der Waals surface area contributed by atoms with Crippen LogP contribution in [0.2, 0.25) is 0 Å². The maximum absolute atomic E-state index is 12.6. The number of unbranched alkanes of at least 4 members (excludes halogenated alkanes) is 21. The number of carbonyl (C=O) groups excluding carboxylic acids is 1. The molecule has 1 unspecified atom stereocenters. The number of rotatable bonds is 40. The fourth-order valence-electron chi connectivity index (χ4n) is 6.52. The van der Waals surface area contributed by atoms with Crippen molar-refractivity contribution in [1.82, 2.24) is 0 Å². The molecule has 0 fully saturated rings. The quantitative estimate of drug-likeness (QED) is 0.0388. The lowest BCUT2D eigenvalue weighted by molar-refractivity contribution is -0.150. The minimum absolute atomic E-state index is 0.105. The maximum atomic E-state index is 12.6. The van der Waals surface area contributed by atoms with E-state index in [1.165, 1.54) is 116 Å². The van der Waals surface area contributed by atoms with Gasteiger partial charge in [-0.15, -0.1) is 0 Å². The van der Waals surface area contributed by atoms with Gasteiger partial charge in [-0.3, -0.25) is 9.59 Å². The van der Waals surface area contributed by atoms with Crippen molar-refractivity contribution in [2.75, 3.05) is 0 Å². The number of ether oxygens (including phenoxy) is 1. The lowest BCUT2D eigenvalue weighted by atomic mass is 10.0. The Kier molecular flexibility index (Phi) is 41.1. The zero-order valence-corrected chi connectivity index (χ0v) is 34.4. The molecule has 52 heavy (non-hydrogen) atoms. The van der Waals surface area contributed by atoms with Crippen LogP contribution in [0.4, 0.5) is 0 Å². The highest BCUT2D eigenvalue weighted by atomic mass is 16.5. The Balaban J connectivity index is 3.83. The van der Waals surface area contributed by atoms with Gasteiger partial charge in [0, 0.05) is 12.8 Å². The average Bonchev–Trinajstić information content (AvgIpc) is 3.13. The van der Waals surface area contributed by atoms with Gasteiger partial charge in [0.1, 0.15) is 6.10 Å². The van der Waals surface area contributed by atoms with Crippen molar-refractivity contribution < 1.29 is 19.4 Å². The van der Waals surface area contributed by atoms with Crippen LogP contribution in [0.15, 0.2) is 60.8 Å². The van der Waals surface area contributed by atoms with E-state index in [0.717, 1.165) is 70.6 Å². The summed E-state index contributed by atoms with van der Waals surface area (Å²) in [6.45, 7) is 4.44. The second kappa shape index (κ2) is 43.0. The SMILES string of the molecule is CC/C=C\C/C=C\C/C=C\C/C=C\C/C=C\CCCCCCCC(=O)OC(CCCCCCCCCCCCCCCCCCC)CCCC(=O)O. The van der Waals surface area contributed by atoms with Crippen LogP contribution < -0.4 is 0 Å². The molecule has 0 aliphatic carbocycles. The van der Waals surface area contributed by atoms with Crippen LogP contribution in [-0.4, -0.2) is 23.1 Å². The molecule has 0 rings (SSSR count). The van der Waals surface area contributed by atoms with E-state index in [1.807, 2.05) is 0 Å². The van der Waals surface area contributed by atoms with Gasteiger partial charge in [-0.25, -0.2) is 0 Å². The zero-order chi connectivity index (χ0) is 37.8. The lowest BCUT2D eigenvalue weighted by Gasteiger charge is -2.18. The Morgan fingerprint density at radius 3 is 1.29 bits per heavy atom. The van der Waals surface area contributed by atoms with E-state index < -0.39 is 5.97 Å². The van der Waals surface area contributed by atoms with Gasteiger partial charge in [0.2, 0.25) is 0 Å². The number of aliphatic carboxylic acids is 1. The summed E-state index contributed by atoms with van der Waals surface area (Å²) in [5.74, 6) is -0.879. The molecular weight excluding hydrogens is 641 g/mol. The molecule has 1 N–H and O–H groups in total. The smallest absolute Gasteiger partial charge is 0.306 e. The van der Waals surface area contributed by atoms with Crippen LogP contribution in [0.5, 0.6) is 0 Å². The van der Waals surface area contributed by atoms with E-state index in [2.05, 4.69) is 74.6 Å². The second-order valence-electron chi connectivity index (χ2n) is 14.9. The molecule has 300 valence electrons. The highest BCUT2D eigenvalue weighted by molar-refractivity contribution is 5.69. The van der Waals surface area contributed by atoms with E-state index in [1.54, 1.807) is 0 Å². The average molecular weight is 725 g/mol. The van der Waals surface area contributed by atoms with Crippen molar-refractivity contribution >= 4 is 11.9 Å². The van der Waals surface area contributed by atoms with Gasteiger partial charge >= 0.3 is 11.9 Å². The lowest BCUT2D eigenvalue weighted by Crippen LogP contribution is -2.18. The van der Waals surface area contributed by atoms with E-state index in [9.17, 15) is 9.59 Å². The predicted molar refractivity (Wildman–Crippen MR) is 227 cm³/mol. The molecule has 0 aromatic carbocycles. The van der Waals surface area contributed by atoms with E-state index in [0.29, 0.717) is 19.3 Å². The van der Waals surface area contributed by atoms with Gasteiger partial charge in [-0.2, -0.15) is 0 Å². The topological polar surface area (TPSA) is 63.6 Å². The fraction of sp³-hybridized carbons (Fsp3) is 0.750. The molecule has 0 saturated carbocycles. The largest absolute Gasteiger partial charge is 0.481 e. The first-order chi connectivity index (χ1) is 25.6. The van der Waals surface area contributed by atoms with Gasteiger partial charge in [-0.05, 0) is 77.0 Å². The van der Waals surface area contributed by atoms with Crippen molar-refractivity contribution in [3.8, 4) is 0 Å². The third-order valence-electron chi connectivity index (χ3n) is 9.75. The number of hydrogen-bond acceptors (Lipinski definition) is 3. The van der Waals surface area contributed by atoms with E-state index in [-0.39, 0.29) is 18.5 Å². The maximum Gasteiger partial charge on any atom is 0.306 e. The molecule has 0 saturated heterocycles. The Labute approximate surface area is 323 Å². The molecule has 1 atom stereocenters. The molecule has 0 radical (unpaired) electrons. The zero-order valence-electron chi connectivity index (χ0n) is 34.4. The Morgan fingerprint density at radius 1 is 0.442 bits per heavy atom. The molecule has 0 aliphatic rings. The molecule has 0 bridgehead atoms. The minimum atomic E-state index is -0.774. The van der Waals surface area contributed by atoms with Gasteiger partial charge in [-0.1, -0.05) is 197 Å². The van der Waals surface area contributed by atoms with Crippen molar-refractivity contribution in [3.05, 3.63) is 60.8 Å². The first-order valence-electron chi connectivity index (χ1n) is 22.3. The Morgan fingerprint density at radius 2 is 0.827 bits per heavy atom. The Bertz CT molecular complexity index is 911. The molecule has 4 nitrogen and oxygen atoms in total. The monoisotopic (exact) mass is 725 g/mol. The van der Waals surface area contributed by atoms with Crippen molar-refractivity contribution in [2.45, 2.75) is 232 Å². The summed E-state index contributed by atoms with van der Waals surface area (Å²) in [5.41, 5.74) is 0. The first kappa shape index (κ1) is 49.6. The summed E-state index contributed by atoms with van der Waals surface area (Å²) in [5, 5.41) is 9.06.